The van der Waals surface area contributed by atoms with Gasteiger partial charge >= 0.3 is 0 Å². The first-order valence-electron chi connectivity index (χ1n) is 10.2. The number of amides is 1. The number of aryl methyl sites for hydroxylation is 2. The summed E-state index contributed by atoms with van der Waals surface area (Å²) in [5.41, 5.74) is 4.52. The molecule has 1 amide bonds. The topological polar surface area (TPSA) is 67.2 Å². The lowest BCUT2D eigenvalue weighted by atomic mass is 10.1. The van der Waals surface area contributed by atoms with Crippen molar-refractivity contribution in [2.24, 2.45) is 0 Å². The zero-order valence-corrected chi connectivity index (χ0v) is 17.4. The molecule has 2 atom stereocenters. The van der Waals surface area contributed by atoms with E-state index in [9.17, 15) is 4.79 Å². The van der Waals surface area contributed by atoms with Crippen LogP contribution in [-0.2, 0) is 17.8 Å². The molecule has 0 aliphatic carbocycles. The van der Waals surface area contributed by atoms with Gasteiger partial charge in [0.2, 0.25) is 5.91 Å². The van der Waals surface area contributed by atoms with Crippen molar-refractivity contribution in [3.05, 3.63) is 40.7 Å². The molecule has 7 heteroatoms. The molecule has 0 spiro atoms. The van der Waals surface area contributed by atoms with Crippen molar-refractivity contribution in [3.8, 4) is 0 Å². The third-order valence-electron chi connectivity index (χ3n) is 5.98. The maximum absolute atomic E-state index is 12.8. The molecule has 7 nitrogen and oxygen atoms in total. The Morgan fingerprint density at radius 3 is 2.89 bits per heavy atom. The summed E-state index contributed by atoms with van der Waals surface area (Å²) in [6.45, 7) is 9.57. The third-order valence-corrected chi connectivity index (χ3v) is 5.98. The summed E-state index contributed by atoms with van der Waals surface area (Å²) in [5, 5.41) is 4.52. The quantitative estimate of drug-likeness (QED) is 0.811. The fraction of sp³-hybridized carbons (Fsp3) is 0.619. The number of aromatic nitrogens is 4. The van der Waals surface area contributed by atoms with Gasteiger partial charge in [-0.2, -0.15) is 5.10 Å². The highest BCUT2D eigenvalue weighted by atomic mass is 16.2. The predicted molar refractivity (Wildman–Crippen MR) is 107 cm³/mol. The van der Waals surface area contributed by atoms with Gasteiger partial charge in [-0.15, -0.1) is 0 Å². The van der Waals surface area contributed by atoms with Crippen LogP contribution in [0, 0.1) is 13.8 Å². The van der Waals surface area contributed by atoms with Crippen molar-refractivity contribution in [2.75, 3.05) is 26.7 Å². The van der Waals surface area contributed by atoms with E-state index >= 15 is 0 Å². The molecule has 0 bridgehead atoms. The van der Waals surface area contributed by atoms with Crippen molar-refractivity contribution in [2.45, 2.75) is 58.5 Å². The number of fused-ring (bicyclic) bond motifs is 1. The lowest BCUT2D eigenvalue weighted by molar-refractivity contribution is -0.131. The minimum absolute atomic E-state index is 0.0669. The average molecular weight is 383 g/mol. The van der Waals surface area contributed by atoms with Crippen LogP contribution >= 0.6 is 0 Å². The van der Waals surface area contributed by atoms with Gasteiger partial charge in [0.05, 0.1) is 11.7 Å². The number of likely N-dealkylation sites (N-methyl/N-ethyl adjacent to an activating group) is 1. The van der Waals surface area contributed by atoms with E-state index in [0.717, 1.165) is 56.2 Å². The first kappa shape index (κ1) is 19.1. The summed E-state index contributed by atoms with van der Waals surface area (Å²) < 4.78 is 1.96. The molecule has 0 N–H and O–H groups in total. The molecule has 4 rings (SSSR count). The molecular formula is C21H30N6O. The molecule has 2 aromatic rings. The molecule has 2 aliphatic rings. The number of hydrogen-bond acceptors (Lipinski definition) is 5. The zero-order chi connectivity index (χ0) is 19.8. The molecule has 4 heterocycles. The van der Waals surface area contributed by atoms with Crippen molar-refractivity contribution < 1.29 is 4.79 Å². The van der Waals surface area contributed by atoms with Crippen LogP contribution in [0.3, 0.4) is 0 Å². The van der Waals surface area contributed by atoms with Crippen molar-refractivity contribution in [1.82, 2.24) is 29.5 Å². The summed E-state index contributed by atoms with van der Waals surface area (Å²) in [4.78, 5) is 26.6. The number of carbonyl (C=O) groups excluding carboxylic acids is 1. The second kappa shape index (κ2) is 7.62. The summed E-state index contributed by atoms with van der Waals surface area (Å²) >= 11 is 0. The summed E-state index contributed by atoms with van der Waals surface area (Å²) in [5.74, 6) is 1.35. The van der Waals surface area contributed by atoms with E-state index < -0.39 is 0 Å². The first-order valence-corrected chi connectivity index (χ1v) is 10.2. The normalized spacial score (nSPS) is 21.0. The minimum Gasteiger partial charge on any atom is -0.342 e. The standard InChI is InChI=1S/C21H30N6O/c1-14-9-15(2)27(24-14)16(3)10-20(28)26-8-5-17(13-26)21-22-11-18-12-25(4)7-6-19(18)23-21/h9,11,16-17H,5-8,10,12-13H2,1-4H3/t16-,17+/m1/s1. The maximum atomic E-state index is 12.8. The molecule has 150 valence electrons. The Morgan fingerprint density at radius 1 is 1.32 bits per heavy atom. The van der Waals surface area contributed by atoms with Crippen LogP contribution in [-0.4, -0.2) is 62.1 Å². The number of carbonyl (C=O) groups is 1. The Morgan fingerprint density at radius 2 is 2.14 bits per heavy atom. The molecule has 0 aromatic carbocycles. The Bertz CT molecular complexity index is 876. The van der Waals surface area contributed by atoms with Crippen LogP contribution in [0.25, 0.3) is 0 Å². The van der Waals surface area contributed by atoms with Crippen LogP contribution < -0.4 is 0 Å². The van der Waals surface area contributed by atoms with Crippen LogP contribution in [0.2, 0.25) is 0 Å². The van der Waals surface area contributed by atoms with Gasteiger partial charge < -0.3 is 9.80 Å². The van der Waals surface area contributed by atoms with E-state index in [1.54, 1.807) is 0 Å². The van der Waals surface area contributed by atoms with Crippen LogP contribution in [0.15, 0.2) is 12.3 Å². The Balaban J connectivity index is 1.38. The van der Waals surface area contributed by atoms with Gasteiger partial charge in [-0.25, -0.2) is 9.97 Å². The van der Waals surface area contributed by atoms with Crippen LogP contribution in [0.1, 0.15) is 60.2 Å². The molecular weight excluding hydrogens is 352 g/mol. The highest BCUT2D eigenvalue weighted by Crippen LogP contribution is 2.27. The largest absolute Gasteiger partial charge is 0.342 e. The highest BCUT2D eigenvalue weighted by Gasteiger charge is 2.30. The SMILES string of the molecule is Cc1cc(C)n([C@H](C)CC(=O)N2CC[C@H](c3ncc4c(n3)CCN(C)C4)C2)n1. The van der Waals surface area contributed by atoms with Crippen LogP contribution in [0.5, 0.6) is 0 Å². The predicted octanol–water partition coefficient (Wildman–Crippen LogP) is 2.25. The van der Waals surface area contributed by atoms with Gasteiger partial charge in [0, 0.05) is 68.1 Å². The molecule has 1 saturated heterocycles. The lowest BCUT2D eigenvalue weighted by Crippen LogP contribution is -2.31. The van der Waals surface area contributed by atoms with Gasteiger partial charge in [0.25, 0.3) is 0 Å². The summed E-state index contributed by atoms with van der Waals surface area (Å²) in [6.07, 6.45) is 4.39. The van der Waals surface area contributed by atoms with E-state index in [0.29, 0.717) is 6.42 Å². The van der Waals surface area contributed by atoms with Crippen molar-refractivity contribution in [3.63, 3.8) is 0 Å². The number of nitrogens with zero attached hydrogens (tertiary/aromatic N) is 6. The highest BCUT2D eigenvalue weighted by molar-refractivity contribution is 5.77. The van der Waals surface area contributed by atoms with E-state index in [4.69, 9.17) is 4.98 Å². The lowest BCUT2D eigenvalue weighted by Gasteiger charge is -2.24. The number of hydrogen-bond donors (Lipinski definition) is 0. The molecule has 0 saturated carbocycles. The average Bonchev–Trinajstić information content (AvgIpc) is 3.28. The third kappa shape index (κ3) is 3.81. The molecule has 2 aromatic heterocycles. The van der Waals surface area contributed by atoms with Crippen LogP contribution in [0.4, 0.5) is 0 Å². The van der Waals surface area contributed by atoms with E-state index in [1.165, 1.54) is 11.3 Å². The smallest absolute Gasteiger partial charge is 0.224 e. The van der Waals surface area contributed by atoms with E-state index in [1.807, 2.05) is 29.6 Å². The van der Waals surface area contributed by atoms with Crippen molar-refractivity contribution >= 4 is 5.91 Å². The molecule has 1 fully saturated rings. The molecule has 0 unspecified atom stereocenters. The van der Waals surface area contributed by atoms with E-state index in [-0.39, 0.29) is 17.9 Å². The Kier molecular flexibility index (Phi) is 5.19. The second-order valence-electron chi connectivity index (χ2n) is 8.44. The zero-order valence-electron chi connectivity index (χ0n) is 17.4. The maximum Gasteiger partial charge on any atom is 0.224 e. The van der Waals surface area contributed by atoms with Crippen molar-refractivity contribution in [1.29, 1.82) is 0 Å². The molecule has 28 heavy (non-hydrogen) atoms. The van der Waals surface area contributed by atoms with Gasteiger partial charge in [0.15, 0.2) is 0 Å². The molecule has 2 aliphatic heterocycles. The Hall–Kier alpha value is -2.28. The monoisotopic (exact) mass is 382 g/mol. The minimum atomic E-state index is 0.0669. The van der Waals surface area contributed by atoms with Gasteiger partial charge in [-0.05, 0) is 40.3 Å². The first-order chi connectivity index (χ1) is 13.4. The fourth-order valence-electron chi connectivity index (χ4n) is 4.43. The summed E-state index contributed by atoms with van der Waals surface area (Å²) in [6, 6.07) is 2.12. The van der Waals surface area contributed by atoms with Gasteiger partial charge in [-0.3, -0.25) is 9.48 Å². The summed E-state index contributed by atoms with van der Waals surface area (Å²) in [7, 11) is 2.13. The van der Waals surface area contributed by atoms with Gasteiger partial charge in [-0.1, -0.05) is 0 Å². The fourth-order valence-corrected chi connectivity index (χ4v) is 4.43. The number of rotatable bonds is 4. The van der Waals surface area contributed by atoms with Gasteiger partial charge in [0.1, 0.15) is 5.82 Å². The number of likely N-dealkylation sites (tertiary alicyclic amines) is 1. The molecule has 0 radical (unpaired) electrons. The van der Waals surface area contributed by atoms with E-state index in [2.05, 4.69) is 35.0 Å². The Labute approximate surface area is 166 Å². The second-order valence-corrected chi connectivity index (χ2v) is 8.44.